The molecule has 1 rings (SSSR count). The number of hydrogen-bond donors (Lipinski definition) is 1. The van der Waals surface area contributed by atoms with Gasteiger partial charge in [0.05, 0.1) is 0 Å². The van der Waals surface area contributed by atoms with Crippen LogP contribution in [0.3, 0.4) is 0 Å². The molecule has 0 saturated carbocycles. The average Bonchev–Trinajstić information content (AvgIpc) is 2.45. The van der Waals surface area contributed by atoms with Gasteiger partial charge in [-0.1, -0.05) is 38.8 Å². The molecular formula is C17H26N2O. The molecule has 20 heavy (non-hydrogen) atoms. The number of amides is 1. The van der Waals surface area contributed by atoms with Crippen molar-refractivity contribution in [2.75, 3.05) is 18.8 Å². The number of carbonyl (C=O) groups excluding carboxylic acids is 1. The first-order valence-corrected chi connectivity index (χ1v) is 7.50. The fraction of sp³-hybridized carbons (Fsp3) is 0.471. The highest BCUT2D eigenvalue weighted by molar-refractivity contribution is 5.91. The molecule has 0 aliphatic rings. The molecule has 0 saturated heterocycles. The Morgan fingerprint density at radius 3 is 2.40 bits per heavy atom. The standard InChI is InChI=1S/C17H26N2O/c1-3-5-12-19(13-6-4-2)17(20)11-10-15-8-7-9-16(18)14-15/h7-11,14H,3-6,12-13,18H2,1-2H3/b11-10+. The summed E-state index contributed by atoms with van der Waals surface area (Å²) in [6.45, 7) is 5.98. The van der Waals surface area contributed by atoms with Gasteiger partial charge in [-0.25, -0.2) is 0 Å². The second kappa shape index (κ2) is 9.18. The maximum atomic E-state index is 12.2. The van der Waals surface area contributed by atoms with Gasteiger partial charge in [0.15, 0.2) is 0 Å². The Bertz CT molecular complexity index is 432. The topological polar surface area (TPSA) is 46.3 Å². The summed E-state index contributed by atoms with van der Waals surface area (Å²) in [6, 6.07) is 7.55. The lowest BCUT2D eigenvalue weighted by Crippen LogP contribution is -2.31. The second-order valence-corrected chi connectivity index (χ2v) is 5.04. The van der Waals surface area contributed by atoms with E-state index in [2.05, 4.69) is 13.8 Å². The summed E-state index contributed by atoms with van der Waals surface area (Å²) in [5.74, 6) is 0.0920. The number of unbranched alkanes of at least 4 members (excludes halogenated alkanes) is 2. The van der Waals surface area contributed by atoms with Crippen LogP contribution in [0, 0.1) is 0 Å². The Morgan fingerprint density at radius 2 is 1.85 bits per heavy atom. The molecule has 0 radical (unpaired) electrons. The van der Waals surface area contributed by atoms with Crippen LogP contribution in [0.1, 0.15) is 45.1 Å². The first kappa shape index (κ1) is 16.3. The van der Waals surface area contributed by atoms with Gasteiger partial charge in [-0.15, -0.1) is 0 Å². The van der Waals surface area contributed by atoms with Crippen molar-refractivity contribution in [2.24, 2.45) is 0 Å². The molecule has 0 atom stereocenters. The molecule has 3 nitrogen and oxygen atoms in total. The van der Waals surface area contributed by atoms with Crippen molar-refractivity contribution < 1.29 is 4.79 Å². The van der Waals surface area contributed by atoms with Crippen molar-refractivity contribution in [3.05, 3.63) is 35.9 Å². The van der Waals surface area contributed by atoms with Gasteiger partial charge in [0.25, 0.3) is 0 Å². The van der Waals surface area contributed by atoms with Crippen molar-refractivity contribution >= 4 is 17.7 Å². The SMILES string of the molecule is CCCCN(CCCC)C(=O)/C=C/c1cccc(N)c1. The Kier molecular flexibility index (Phi) is 7.48. The smallest absolute Gasteiger partial charge is 0.246 e. The number of carbonyl (C=O) groups is 1. The molecule has 1 aromatic rings. The van der Waals surface area contributed by atoms with Crippen molar-refractivity contribution in [3.8, 4) is 0 Å². The quantitative estimate of drug-likeness (QED) is 0.580. The zero-order chi connectivity index (χ0) is 14.8. The lowest BCUT2D eigenvalue weighted by atomic mass is 10.2. The third-order valence-corrected chi connectivity index (χ3v) is 3.20. The molecule has 0 unspecified atom stereocenters. The minimum Gasteiger partial charge on any atom is -0.399 e. The predicted octanol–water partition coefficient (Wildman–Crippen LogP) is 3.71. The van der Waals surface area contributed by atoms with Crippen LogP contribution in [0.5, 0.6) is 0 Å². The van der Waals surface area contributed by atoms with E-state index >= 15 is 0 Å². The van der Waals surface area contributed by atoms with E-state index in [0.29, 0.717) is 5.69 Å². The normalized spacial score (nSPS) is 10.9. The summed E-state index contributed by atoms with van der Waals surface area (Å²) in [5, 5.41) is 0. The molecule has 0 aliphatic carbocycles. The van der Waals surface area contributed by atoms with Gasteiger partial charge in [0, 0.05) is 24.9 Å². The predicted molar refractivity (Wildman–Crippen MR) is 86.3 cm³/mol. The van der Waals surface area contributed by atoms with E-state index in [9.17, 15) is 4.79 Å². The van der Waals surface area contributed by atoms with Crippen LogP contribution in [0.25, 0.3) is 6.08 Å². The van der Waals surface area contributed by atoms with Gasteiger partial charge in [0.2, 0.25) is 5.91 Å². The Labute approximate surface area is 122 Å². The molecule has 0 spiro atoms. The molecule has 0 aliphatic heterocycles. The number of nitrogens with two attached hydrogens (primary N) is 1. The highest BCUT2D eigenvalue weighted by Crippen LogP contribution is 2.09. The van der Waals surface area contributed by atoms with Gasteiger partial charge < -0.3 is 10.6 Å². The van der Waals surface area contributed by atoms with Gasteiger partial charge in [-0.2, -0.15) is 0 Å². The monoisotopic (exact) mass is 274 g/mol. The molecule has 1 amide bonds. The third-order valence-electron chi connectivity index (χ3n) is 3.20. The maximum absolute atomic E-state index is 12.2. The fourth-order valence-electron chi connectivity index (χ4n) is 1.97. The second-order valence-electron chi connectivity index (χ2n) is 5.04. The number of rotatable bonds is 8. The van der Waals surface area contributed by atoms with Gasteiger partial charge >= 0.3 is 0 Å². The summed E-state index contributed by atoms with van der Waals surface area (Å²) < 4.78 is 0. The summed E-state index contributed by atoms with van der Waals surface area (Å²) in [4.78, 5) is 14.2. The van der Waals surface area contributed by atoms with E-state index in [0.717, 1.165) is 44.3 Å². The van der Waals surface area contributed by atoms with E-state index in [1.165, 1.54) is 0 Å². The summed E-state index contributed by atoms with van der Waals surface area (Å²) in [6.07, 6.45) is 7.82. The Hall–Kier alpha value is -1.77. The average molecular weight is 274 g/mol. The van der Waals surface area contributed by atoms with Crippen LogP contribution in [-0.4, -0.2) is 23.9 Å². The zero-order valence-corrected chi connectivity index (χ0v) is 12.6. The number of nitrogens with zero attached hydrogens (tertiary/aromatic N) is 1. The van der Waals surface area contributed by atoms with Crippen LogP contribution in [0.2, 0.25) is 0 Å². The van der Waals surface area contributed by atoms with E-state index in [4.69, 9.17) is 5.73 Å². The van der Waals surface area contributed by atoms with Crippen LogP contribution < -0.4 is 5.73 Å². The minimum absolute atomic E-state index is 0.0920. The van der Waals surface area contributed by atoms with Crippen molar-refractivity contribution in [1.82, 2.24) is 4.90 Å². The zero-order valence-electron chi connectivity index (χ0n) is 12.6. The van der Waals surface area contributed by atoms with Crippen molar-refractivity contribution in [2.45, 2.75) is 39.5 Å². The highest BCUT2D eigenvalue weighted by Gasteiger charge is 2.08. The molecule has 3 heteroatoms. The van der Waals surface area contributed by atoms with Crippen LogP contribution in [0.4, 0.5) is 5.69 Å². The minimum atomic E-state index is 0.0920. The molecule has 0 aromatic heterocycles. The molecule has 110 valence electrons. The van der Waals surface area contributed by atoms with Gasteiger partial charge in [-0.05, 0) is 36.6 Å². The Morgan fingerprint density at radius 1 is 1.20 bits per heavy atom. The molecule has 0 bridgehead atoms. The van der Waals surface area contributed by atoms with Crippen LogP contribution in [-0.2, 0) is 4.79 Å². The number of hydrogen-bond acceptors (Lipinski definition) is 2. The lowest BCUT2D eigenvalue weighted by Gasteiger charge is -2.20. The summed E-state index contributed by atoms with van der Waals surface area (Å²) >= 11 is 0. The van der Waals surface area contributed by atoms with E-state index < -0.39 is 0 Å². The fourth-order valence-corrected chi connectivity index (χ4v) is 1.97. The summed E-state index contributed by atoms with van der Waals surface area (Å²) in [7, 11) is 0. The van der Waals surface area contributed by atoms with E-state index in [1.54, 1.807) is 6.08 Å². The number of anilines is 1. The third kappa shape index (κ3) is 5.91. The molecule has 0 heterocycles. The lowest BCUT2D eigenvalue weighted by molar-refractivity contribution is -0.126. The van der Waals surface area contributed by atoms with E-state index in [1.807, 2.05) is 35.2 Å². The van der Waals surface area contributed by atoms with Gasteiger partial charge in [0.1, 0.15) is 0 Å². The molecule has 1 aromatic carbocycles. The van der Waals surface area contributed by atoms with Crippen molar-refractivity contribution in [3.63, 3.8) is 0 Å². The maximum Gasteiger partial charge on any atom is 0.246 e. The summed E-state index contributed by atoms with van der Waals surface area (Å²) in [5.41, 5.74) is 7.41. The molecule has 0 fully saturated rings. The van der Waals surface area contributed by atoms with Crippen molar-refractivity contribution in [1.29, 1.82) is 0 Å². The largest absolute Gasteiger partial charge is 0.399 e. The number of benzene rings is 1. The highest BCUT2D eigenvalue weighted by atomic mass is 16.2. The Balaban J connectivity index is 2.63. The molecular weight excluding hydrogens is 248 g/mol. The molecule has 2 N–H and O–H groups in total. The van der Waals surface area contributed by atoms with Crippen LogP contribution in [0.15, 0.2) is 30.3 Å². The van der Waals surface area contributed by atoms with Crippen LogP contribution >= 0.6 is 0 Å². The number of nitrogen functional groups attached to an aromatic ring is 1. The van der Waals surface area contributed by atoms with Gasteiger partial charge in [-0.3, -0.25) is 4.79 Å². The first-order valence-electron chi connectivity index (χ1n) is 7.50. The van der Waals surface area contributed by atoms with E-state index in [-0.39, 0.29) is 5.91 Å². The first-order chi connectivity index (χ1) is 9.67.